The van der Waals surface area contributed by atoms with Gasteiger partial charge in [-0.15, -0.1) is 0 Å². The molecule has 194 valence electrons. The third kappa shape index (κ3) is 8.14. The van der Waals surface area contributed by atoms with Gasteiger partial charge in [0, 0.05) is 18.5 Å². The number of benzene rings is 2. The number of hydrogen-bond acceptors (Lipinski definition) is 4. The predicted octanol–water partition coefficient (Wildman–Crippen LogP) is 5.31. The van der Waals surface area contributed by atoms with E-state index >= 15 is 0 Å². The Morgan fingerprint density at radius 2 is 1.86 bits per heavy atom. The number of rotatable bonds is 12. The largest absolute Gasteiger partial charge is 0.480 e. The molecule has 0 unspecified atom stereocenters. The van der Waals surface area contributed by atoms with E-state index in [2.05, 4.69) is 23.3 Å². The lowest BCUT2D eigenvalue weighted by molar-refractivity contribution is -0.139. The number of carboxylic acid groups (broad SMARTS) is 1. The second kappa shape index (κ2) is 13.5. The van der Waals surface area contributed by atoms with Crippen molar-refractivity contribution < 1.29 is 14.7 Å². The number of carbonyl (C=O) groups excluding carboxylic acids is 1. The fourth-order valence-electron chi connectivity index (χ4n) is 5.04. The van der Waals surface area contributed by atoms with Gasteiger partial charge < -0.3 is 21.1 Å². The molecule has 1 atom stereocenters. The zero-order valence-corrected chi connectivity index (χ0v) is 22.3. The number of amides is 1. The Kier molecular flexibility index (Phi) is 10.4. The van der Waals surface area contributed by atoms with Crippen LogP contribution in [0, 0.1) is 12.8 Å². The van der Waals surface area contributed by atoms with Crippen LogP contribution in [0.15, 0.2) is 42.5 Å². The summed E-state index contributed by atoms with van der Waals surface area (Å²) in [6.45, 7) is 3.86. The Labute approximate surface area is 220 Å². The first-order chi connectivity index (χ1) is 17.2. The first-order valence-electron chi connectivity index (χ1n) is 12.9. The summed E-state index contributed by atoms with van der Waals surface area (Å²) in [5.74, 6) is -0.681. The van der Waals surface area contributed by atoms with E-state index in [4.69, 9.17) is 18.0 Å². The summed E-state index contributed by atoms with van der Waals surface area (Å²) >= 11 is 4.88. The molecule has 2 aromatic carbocycles. The number of thiocarbonyl (C=S) groups is 1. The fraction of sp³-hybridized carbons (Fsp3) is 0.483. The Morgan fingerprint density at radius 1 is 1.14 bits per heavy atom. The van der Waals surface area contributed by atoms with E-state index in [1.807, 2.05) is 43.3 Å². The minimum absolute atomic E-state index is 0.153. The second-order valence-electron chi connectivity index (χ2n) is 10.1. The summed E-state index contributed by atoms with van der Waals surface area (Å²) in [5.41, 5.74) is 9.95. The lowest BCUT2D eigenvalue weighted by Gasteiger charge is -2.25. The minimum Gasteiger partial charge on any atom is -0.480 e. The molecule has 0 heterocycles. The van der Waals surface area contributed by atoms with Crippen molar-refractivity contribution in [3.8, 4) is 11.1 Å². The van der Waals surface area contributed by atoms with Crippen LogP contribution in [0.2, 0.25) is 0 Å². The van der Waals surface area contributed by atoms with E-state index in [0.717, 1.165) is 41.3 Å². The Balaban J connectivity index is 1.80. The molecule has 0 radical (unpaired) electrons. The summed E-state index contributed by atoms with van der Waals surface area (Å²) in [6, 6.07) is 12.7. The highest BCUT2D eigenvalue weighted by molar-refractivity contribution is 7.80. The van der Waals surface area contributed by atoms with Crippen molar-refractivity contribution in [1.29, 1.82) is 0 Å². The molecule has 1 aliphatic carbocycles. The van der Waals surface area contributed by atoms with Gasteiger partial charge in [0.05, 0.1) is 4.99 Å². The lowest BCUT2D eigenvalue weighted by Crippen LogP contribution is -2.41. The van der Waals surface area contributed by atoms with Crippen molar-refractivity contribution >= 4 is 29.1 Å². The molecule has 0 aliphatic heterocycles. The molecule has 0 spiro atoms. The molecule has 0 bridgehead atoms. The van der Waals surface area contributed by atoms with Crippen LogP contribution in [0.3, 0.4) is 0 Å². The van der Waals surface area contributed by atoms with E-state index in [0.29, 0.717) is 5.56 Å². The number of aliphatic carboxylic acids is 1. The average Bonchev–Trinajstić information content (AvgIpc) is 2.85. The summed E-state index contributed by atoms with van der Waals surface area (Å²) in [5, 5.41) is 12.3. The smallest absolute Gasteiger partial charge is 0.326 e. The maximum Gasteiger partial charge on any atom is 0.326 e. The molecular weight excluding hydrogens is 470 g/mol. The number of nitrogens with two attached hydrogens (primary N) is 1. The first-order valence-corrected chi connectivity index (χ1v) is 13.3. The monoisotopic (exact) mass is 509 g/mol. The van der Waals surface area contributed by atoms with Crippen LogP contribution in [-0.2, 0) is 11.3 Å². The fourth-order valence-corrected chi connectivity index (χ4v) is 5.15. The molecule has 1 fully saturated rings. The van der Waals surface area contributed by atoms with Gasteiger partial charge in [-0.1, -0.05) is 74.7 Å². The molecule has 0 saturated heterocycles. The van der Waals surface area contributed by atoms with Gasteiger partial charge in [-0.2, -0.15) is 0 Å². The van der Waals surface area contributed by atoms with Crippen LogP contribution in [0.1, 0.15) is 72.9 Å². The number of aryl methyl sites for hydroxylation is 1. The van der Waals surface area contributed by atoms with Crippen molar-refractivity contribution in [3.05, 3.63) is 59.2 Å². The Hall–Kier alpha value is -2.77. The maximum atomic E-state index is 13.3. The molecule has 36 heavy (non-hydrogen) atoms. The molecule has 7 heteroatoms. The van der Waals surface area contributed by atoms with Crippen molar-refractivity contribution in [2.75, 3.05) is 13.6 Å². The van der Waals surface area contributed by atoms with Crippen molar-refractivity contribution in [1.82, 2.24) is 10.2 Å². The van der Waals surface area contributed by atoms with Crippen molar-refractivity contribution in [2.45, 2.75) is 70.9 Å². The number of nitrogens with zero attached hydrogens (tertiary/aromatic N) is 1. The van der Waals surface area contributed by atoms with E-state index in [1.165, 1.54) is 38.5 Å². The van der Waals surface area contributed by atoms with E-state index in [9.17, 15) is 14.7 Å². The number of carboxylic acids is 1. The van der Waals surface area contributed by atoms with Crippen molar-refractivity contribution in [2.24, 2.45) is 11.7 Å². The molecule has 3 rings (SSSR count). The average molecular weight is 510 g/mol. The maximum absolute atomic E-state index is 13.3. The van der Waals surface area contributed by atoms with Gasteiger partial charge in [0.15, 0.2) is 0 Å². The quantitative estimate of drug-likeness (QED) is 0.336. The van der Waals surface area contributed by atoms with Crippen LogP contribution in [-0.4, -0.2) is 46.5 Å². The van der Waals surface area contributed by atoms with Gasteiger partial charge in [-0.05, 0) is 73.7 Å². The van der Waals surface area contributed by atoms with Crippen LogP contribution >= 0.6 is 12.2 Å². The van der Waals surface area contributed by atoms with Gasteiger partial charge >= 0.3 is 5.97 Å². The lowest BCUT2D eigenvalue weighted by atomic mass is 9.87. The summed E-state index contributed by atoms with van der Waals surface area (Å²) < 4.78 is 0. The van der Waals surface area contributed by atoms with Gasteiger partial charge in [0.2, 0.25) is 0 Å². The van der Waals surface area contributed by atoms with Crippen molar-refractivity contribution in [3.63, 3.8) is 0 Å². The third-order valence-corrected chi connectivity index (χ3v) is 7.35. The Morgan fingerprint density at radius 3 is 2.53 bits per heavy atom. The number of hydrogen-bond donors (Lipinski definition) is 3. The zero-order chi connectivity index (χ0) is 26.1. The van der Waals surface area contributed by atoms with Crippen LogP contribution < -0.4 is 11.1 Å². The molecule has 1 amide bonds. The molecule has 1 aliphatic rings. The Bertz CT molecular complexity index is 1070. The third-order valence-electron chi connectivity index (χ3n) is 7.14. The van der Waals surface area contributed by atoms with Gasteiger partial charge in [-0.25, -0.2) is 4.79 Å². The van der Waals surface area contributed by atoms with Gasteiger partial charge in [0.25, 0.3) is 5.91 Å². The highest BCUT2D eigenvalue weighted by atomic mass is 32.1. The molecule has 2 aromatic rings. The molecular formula is C29H39N3O3S. The summed E-state index contributed by atoms with van der Waals surface area (Å²) in [4.78, 5) is 27.6. The SMILES string of the molecule is Cc1ccccc1-c1cc(CN(C)CCC2CCCCC2)ccc1C(=O)N[C@@H](CCC(N)=S)C(=O)O. The van der Waals surface area contributed by atoms with Crippen LogP contribution in [0.25, 0.3) is 11.1 Å². The van der Waals surface area contributed by atoms with Crippen LogP contribution in [0.4, 0.5) is 0 Å². The topological polar surface area (TPSA) is 95.7 Å². The normalized spacial score (nSPS) is 15.0. The highest BCUT2D eigenvalue weighted by Crippen LogP contribution is 2.29. The molecule has 6 nitrogen and oxygen atoms in total. The minimum atomic E-state index is -1.10. The second-order valence-corrected chi connectivity index (χ2v) is 10.6. The predicted molar refractivity (Wildman–Crippen MR) is 149 cm³/mol. The van der Waals surface area contributed by atoms with Crippen LogP contribution in [0.5, 0.6) is 0 Å². The first kappa shape index (κ1) is 27.8. The highest BCUT2D eigenvalue weighted by Gasteiger charge is 2.23. The van der Waals surface area contributed by atoms with Gasteiger partial charge in [-0.3, -0.25) is 4.79 Å². The van der Waals surface area contributed by atoms with E-state index < -0.39 is 17.9 Å². The number of carbonyl (C=O) groups is 2. The zero-order valence-electron chi connectivity index (χ0n) is 21.5. The summed E-state index contributed by atoms with van der Waals surface area (Å²) in [6.07, 6.45) is 8.43. The van der Waals surface area contributed by atoms with E-state index in [1.54, 1.807) is 0 Å². The standard InChI is InChI=1S/C29H39N3O3S/c1-20-8-6-7-11-23(20)25-18-22(19-32(2)17-16-21-9-4-3-5-10-21)12-13-24(25)28(33)31-26(29(34)35)14-15-27(30)36/h6-8,11-13,18,21,26H,3-5,9-10,14-17,19H2,1-2H3,(H2,30,36)(H,31,33)(H,34,35)/t26-/m0/s1. The molecule has 1 saturated carbocycles. The number of nitrogens with one attached hydrogen (secondary N) is 1. The van der Waals surface area contributed by atoms with Gasteiger partial charge in [0.1, 0.15) is 6.04 Å². The van der Waals surface area contributed by atoms with E-state index in [-0.39, 0.29) is 17.8 Å². The molecule has 4 N–H and O–H groups in total. The summed E-state index contributed by atoms with van der Waals surface area (Å²) in [7, 11) is 2.15. The molecule has 0 aromatic heterocycles.